The number of nitrogens with zero attached hydrogens (tertiary/aromatic N) is 2. The number of Topliss-reactive ketones (excluding diaryl/α,β-unsaturated/α-hetero) is 1. The summed E-state index contributed by atoms with van der Waals surface area (Å²) in [4.78, 5) is 12.2. The minimum Gasteiger partial charge on any atom is -0.493 e. The number of carbonyl (C=O) groups is 1. The molecule has 5 heteroatoms. The number of ether oxygens (including phenoxy) is 1. The zero-order chi connectivity index (χ0) is 12.1. The van der Waals surface area contributed by atoms with Crippen molar-refractivity contribution < 1.29 is 9.53 Å². The number of rotatable bonds is 6. The van der Waals surface area contributed by atoms with Crippen molar-refractivity contribution in [3.8, 4) is 5.75 Å². The summed E-state index contributed by atoms with van der Waals surface area (Å²) < 4.78 is 6.80. The molecule has 0 amide bonds. The van der Waals surface area contributed by atoms with Gasteiger partial charge >= 0.3 is 0 Å². The van der Waals surface area contributed by atoms with Crippen LogP contribution in [0.15, 0.2) is 6.20 Å². The van der Waals surface area contributed by atoms with Gasteiger partial charge in [0.15, 0.2) is 11.5 Å². The van der Waals surface area contributed by atoms with E-state index in [1.807, 2.05) is 13.8 Å². The molecule has 0 aliphatic carbocycles. The first-order valence-corrected chi connectivity index (χ1v) is 5.49. The van der Waals surface area contributed by atoms with Crippen LogP contribution in [0.4, 0.5) is 0 Å². The molecule has 0 saturated carbocycles. The number of hydrogen-bond acceptors (Lipinski definition) is 4. The van der Waals surface area contributed by atoms with Gasteiger partial charge in [-0.1, -0.05) is 6.92 Å². The second-order valence-electron chi connectivity index (χ2n) is 3.72. The van der Waals surface area contributed by atoms with Crippen LogP contribution in [0.1, 0.15) is 30.8 Å². The molecule has 16 heavy (non-hydrogen) atoms. The van der Waals surface area contributed by atoms with Crippen molar-refractivity contribution in [3.05, 3.63) is 11.9 Å². The van der Waals surface area contributed by atoms with E-state index in [4.69, 9.17) is 10.5 Å². The quantitative estimate of drug-likeness (QED) is 0.735. The molecule has 0 radical (unpaired) electrons. The molecule has 1 aromatic rings. The first kappa shape index (κ1) is 12.7. The Bertz CT molecular complexity index is 339. The molecule has 1 heterocycles. The normalized spacial score (nSPS) is 12.5. The van der Waals surface area contributed by atoms with Gasteiger partial charge in [0.2, 0.25) is 0 Å². The van der Waals surface area contributed by atoms with Gasteiger partial charge in [-0.25, -0.2) is 0 Å². The van der Waals surface area contributed by atoms with E-state index >= 15 is 0 Å². The van der Waals surface area contributed by atoms with Gasteiger partial charge < -0.3 is 10.5 Å². The van der Waals surface area contributed by atoms with Crippen LogP contribution in [0, 0.1) is 5.92 Å². The largest absolute Gasteiger partial charge is 0.493 e. The van der Waals surface area contributed by atoms with Crippen LogP contribution in [0.3, 0.4) is 0 Å². The molecule has 0 bridgehead atoms. The standard InChI is InChI=1S/C11H19N3O2/c1-4-14-10(9(16-3)7-13-14)11(15)8(2)5-6-12/h7-8H,4-6,12H2,1-3H3. The Morgan fingerprint density at radius 1 is 1.69 bits per heavy atom. The minimum atomic E-state index is -0.0964. The van der Waals surface area contributed by atoms with Crippen molar-refractivity contribution >= 4 is 5.78 Å². The Morgan fingerprint density at radius 2 is 2.38 bits per heavy atom. The Kier molecular flexibility index (Phi) is 4.49. The molecule has 0 aliphatic heterocycles. The molecular weight excluding hydrogens is 206 g/mol. The van der Waals surface area contributed by atoms with E-state index in [9.17, 15) is 4.79 Å². The Balaban J connectivity index is 3.00. The van der Waals surface area contributed by atoms with Gasteiger partial charge in [-0.2, -0.15) is 5.10 Å². The molecule has 0 aliphatic rings. The SMILES string of the molecule is CCn1ncc(OC)c1C(=O)C(C)CCN. The van der Waals surface area contributed by atoms with Crippen LogP contribution in [0.25, 0.3) is 0 Å². The van der Waals surface area contributed by atoms with Crippen LogP contribution >= 0.6 is 0 Å². The van der Waals surface area contributed by atoms with Crippen LogP contribution in [-0.4, -0.2) is 29.2 Å². The fraction of sp³-hybridized carbons (Fsp3) is 0.636. The number of methoxy groups -OCH3 is 1. The number of aromatic nitrogens is 2. The van der Waals surface area contributed by atoms with E-state index in [1.54, 1.807) is 18.0 Å². The monoisotopic (exact) mass is 225 g/mol. The Labute approximate surface area is 95.6 Å². The number of nitrogens with two attached hydrogens (primary N) is 1. The van der Waals surface area contributed by atoms with E-state index in [-0.39, 0.29) is 11.7 Å². The van der Waals surface area contributed by atoms with E-state index < -0.39 is 0 Å². The van der Waals surface area contributed by atoms with Crippen LogP contribution in [-0.2, 0) is 6.54 Å². The third kappa shape index (κ3) is 2.41. The summed E-state index contributed by atoms with van der Waals surface area (Å²) in [6.45, 7) is 4.98. The summed E-state index contributed by atoms with van der Waals surface area (Å²) in [7, 11) is 1.54. The Morgan fingerprint density at radius 3 is 2.88 bits per heavy atom. The predicted octanol–water partition coefficient (Wildman–Crippen LogP) is 1.08. The summed E-state index contributed by atoms with van der Waals surface area (Å²) in [5.41, 5.74) is 6.00. The van der Waals surface area contributed by atoms with Crippen molar-refractivity contribution in [1.82, 2.24) is 9.78 Å². The molecule has 0 saturated heterocycles. The fourth-order valence-electron chi connectivity index (χ4n) is 1.62. The average Bonchev–Trinajstić information content (AvgIpc) is 2.70. The Hall–Kier alpha value is -1.36. The van der Waals surface area contributed by atoms with Gasteiger partial charge in [-0.05, 0) is 19.9 Å². The topological polar surface area (TPSA) is 70.1 Å². The molecule has 0 aromatic carbocycles. The maximum Gasteiger partial charge on any atom is 0.187 e. The first-order valence-electron chi connectivity index (χ1n) is 5.49. The molecule has 2 N–H and O–H groups in total. The maximum absolute atomic E-state index is 12.2. The van der Waals surface area contributed by atoms with Crippen LogP contribution in [0.5, 0.6) is 5.75 Å². The zero-order valence-electron chi connectivity index (χ0n) is 10.1. The lowest BCUT2D eigenvalue weighted by Crippen LogP contribution is -2.20. The lowest BCUT2D eigenvalue weighted by atomic mass is 10.00. The molecule has 0 spiro atoms. The van der Waals surface area contributed by atoms with E-state index in [2.05, 4.69) is 5.10 Å². The average molecular weight is 225 g/mol. The van der Waals surface area contributed by atoms with Crippen molar-refractivity contribution in [2.75, 3.05) is 13.7 Å². The van der Waals surface area contributed by atoms with Gasteiger partial charge in [-0.15, -0.1) is 0 Å². The number of aryl methyl sites for hydroxylation is 1. The van der Waals surface area contributed by atoms with Gasteiger partial charge in [0.25, 0.3) is 0 Å². The lowest BCUT2D eigenvalue weighted by Gasteiger charge is -2.11. The van der Waals surface area contributed by atoms with Crippen LogP contribution in [0.2, 0.25) is 0 Å². The minimum absolute atomic E-state index is 0.0432. The first-order chi connectivity index (χ1) is 7.65. The molecular formula is C11H19N3O2. The van der Waals surface area contributed by atoms with Gasteiger partial charge in [0, 0.05) is 12.5 Å². The maximum atomic E-state index is 12.2. The summed E-state index contributed by atoms with van der Waals surface area (Å²) >= 11 is 0. The predicted molar refractivity (Wildman–Crippen MR) is 61.6 cm³/mol. The molecule has 90 valence electrons. The van der Waals surface area contributed by atoms with Crippen molar-refractivity contribution in [2.24, 2.45) is 11.7 Å². The van der Waals surface area contributed by atoms with Crippen molar-refractivity contribution in [1.29, 1.82) is 0 Å². The summed E-state index contributed by atoms with van der Waals surface area (Å²) in [6, 6.07) is 0. The van der Waals surface area contributed by atoms with Gasteiger partial charge in [0.05, 0.1) is 13.3 Å². The van der Waals surface area contributed by atoms with Gasteiger partial charge in [-0.3, -0.25) is 9.48 Å². The summed E-state index contributed by atoms with van der Waals surface area (Å²) in [5.74, 6) is 0.485. The number of ketones is 1. The third-order valence-electron chi connectivity index (χ3n) is 2.61. The van der Waals surface area contributed by atoms with E-state index in [0.717, 1.165) is 0 Å². The number of carbonyl (C=O) groups excluding carboxylic acids is 1. The highest BCUT2D eigenvalue weighted by atomic mass is 16.5. The van der Waals surface area contributed by atoms with Crippen LogP contribution < -0.4 is 10.5 Å². The highest BCUT2D eigenvalue weighted by molar-refractivity contribution is 5.98. The summed E-state index contributed by atoms with van der Waals surface area (Å²) in [6.07, 6.45) is 2.25. The lowest BCUT2D eigenvalue weighted by molar-refractivity contribution is 0.0911. The van der Waals surface area contributed by atoms with E-state index in [0.29, 0.717) is 31.0 Å². The summed E-state index contributed by atoms with van der Waals surface area (Å²) in [5, 5.41) is 4.11. The number of hydrogen-bond donors (Lipinski definition) is 1. The molecule has 1 rings (SSSR count). The zero-order valence-corrected chi connectivity index (χ0v) is 10.1. The molecule has 1 unspecified atom stereocenters. The fourth-order valence-corrected chi connectivity index (χ4v) is 1.62. The van der Waals surface area contributed by atoms with Gasteiger partial charge in [0.1, 0.15) is 5.69 Å². The highest BCUT2D eigenvalue weighted by Gasteiger charge is 2.23. The molecule has 1 atom stereocenters. The molecule has 1 aromatic heterocycles. The molecule has 5 nitrogen and oxygen atoms in total. The molecule has 0 fully saturated rings. The highest BCUT2D eigenvalue weighted by Crippen LogP contribution is 2.22. The van der Waals surface area contributed by atoms with Crippen molar-refractivity contribution in [2.45, 2.75) is 26.8 Å². The third-order valence-corrected chi connectivity index (χ3v) is 2.61. The smallest absolute Gasteiger partial charge is 0.187 e. The second kappa shape index (κ2) is 5.65. The van der Waals surface area contributed by atoms with Crippen molar-refractivity contribution in [3.63, 3.8) is 0 Å². The second-order valence-corrected chi connectivity index (χ2v) is 3.72. The van der Waals surface area contributed by atoms with E-state index in [1.165, 1.54) is 0 Å².